The number of hydrogen-bond acceptors (Lipinski definition) is 3. The highest BCUT2D eigenvalue weighted by atomic mass is 19.4. The summed E-state index contributed by atoms with van der Waals surface area (Å²) in [5, 5.41) is 8.87. The summed E-state index contributed by atoms with van der Waals surface area (Å²) >= 11 is 0. The van der Waals surface area contributed by atoms with Crippen molar-refractivity contribution in [3.63, 3.8) is 0 Å². The highest BCUT2D eigenvalue weighted by molar-refractivity contribution is 5.95. The maximum Gasteiger partial charge on any atom is 0.430 e. The number of carboxylic acid groups (broad SMARTS) is 1. The summed E-state index contributed by atoms with van der Waals surface area (Å²) in [6, 6.07) is 4.29. The van der Waals surface area contributed by atoms with Crippen molar-refractivity contribution in [2.75, 3.05) is 7.11 Å². The van der Waals surface area contributed by atoms with E-state index in [4.69, 9.17) is 14.6 Å². The second kappa shape index (κ2) is 4.49. The number of alkyl halides is 3. The molecule has 0 radical (unpaired) electrons. The zero-order valence-corrected chi connectivity index (χ0v) is 9.69. The van der Waals surface area contributed by atoms with Crippen molar-refractivity contribution in [3.05, 3.63) is 29.3 Å². The molecule has 2 rings (SSSR count). The summed E-state index contributed by atoms with van der Waals surface area (Å²) in [6.07, 6.45) is -6.35. The molecule has 0 saturated heterocycles. The summed E-state index contributed by atoms with van der Waals surface area (Å²) < 4.78 is 48.0. The molecule has 0 bridgehead atoms. The highest BCUT2D eigenvalue weighted by Gasteiger charge is 2.48. The summed E-state index contributed by atoms with van der Waals surface area (Å²) in [6.45, 7) is 0. The van der Waals surface area contributed by atoms with Crippen LogP contribution in [0.2, 0.25) is 0 Å². The van der Waals surface area contributed by atoms with Gasteiger partial charge in [-0.15, -0.1) is 0 Å². The van der Waals surface area contributed by atoms with Gasteiger partial charge in [-0.2, -0.15) is 13.2 Å². The van der Waals surface area contributed by atoms with Crippen molar-refractivity contribution in [1.82, 2.24) is 0 Å². The van der Waals surface area contributed by atoms with E-state index in [-0.39, 0.29) is 17.1 Å². The molecule has 7 heteroatoms. The zero-order chi connectivity index (χ0) is 14.2. The minimum atomic E-state index is -4.80. The number of halogens is 3. The summed E-state index contributed by atoms with van der Waals surface area (Å²) in [5.41, 5.74) is -0.688. The predicted molar refractivity (Wildman–Crippen MR) is 59.1 cm³/mol. The molecule has 0 saturated carbocycles. The Labute approximate surface area is 106 Å². The molecule has 1 aromatic carbocycles. The molecule has 1 N–H and O–H groups in total. The zero-order valence-electron chi connectivity index (χ0n) is 9.69. The van der Waals surface area contributed by atoms with Crippen LogP contribution in [0.3, 0.4) is 0 Å². The number of hydrogen-bond donors (Lipinski definition) is 1. The van der Waals surface area contributed by atoms with Crippen molar-refractivity contribution in [2.24, 2.45) is 0 Å². The van der Waals surface area contributed by atoms with Gasteiger partial charge < -0.3 is 14.6 Å². The van der Waals surface area contributed by atoms with Crippen LogP contribution in [0, 0.1) is 0 Å². The van der Waals surface area contributed by atoms with E-state index in [1.807, 2.05) is 0 Å². The first kappa shape index (κ1) is 13.3. The maximum atomic E-state index is 12.8. The van der Waals surface area contributed by atoms with Crippen molar-refractivity contribution in [2.45, 2.75) is 12.3 Å². The van der Waals surface area contributed by atoms with Crippen LogP contribution in [-0.4, -0.2) is 30.5 Å². The van der Waals surface area contributed by atoms with E-state index in [9.17, 15) is 18.0 Å². The normalized spacial score (nSPS) is 18.1. The lowest BCUT2D eigenvalue weighted by atomic mass is 10.0. The molecule has 0 aromatic heterocycles. The van der Waals surface area contributed by atoms with Gasteiger partial charge in [0.2, 0.25) is 6.10 Å². The Morgan fingerprint density at radius 1 is 1.42 bits per heavy atom. The van der Waals surface area contributed by atoms with Crippen molar-refractivity contribution in [3.8, 4) is 11.5 Å². The smallest absolute Gasteiger partial charge is 0.430 e. The van der Waals surface area contributed by atoms with Crippen LogP contribution in [0.15, 0.2) is 23.8 Å². The molecule has 1 heterocycles. The van der Waals surface area contributed by atoms with Crippen molar-refractivity contribution in [1.29, 1.82) is 0 Å². The van der Waals surface area contributed by atoms with E-state index in [0.29, 0.717) is 0 Å². The van der Waals surface area contributed by atoms with Gasteiger partial charge in [0.1, 0.15) is 11.5 Å². The van der Waals surface area contributed by atoms with E-state index in [2.05, 4.69) is 0 Å². The minimum Gasteiger partial charge on any atom is -0.496 e. The molecule has 1 aliphatic rings. The fourth-order valence-corrected chi connectivity index (χ4v) is 1.79. The number of ether oxygens (including phenoxy) is 2. The third kappa shape index (κ3) is 2.35. The maximum absolute atomic E-state index is 12.8. The van der Waals surface area contributed by atoms with Gasteiger partial charge >= 0.3 is 12.1 Å². The Kier molecular flexibility index (Phi) is 3.13. The highest BCUT2D eigenvalue weighted by Crippen LogP contribution is 2.40. The molecule has 0 amide bonds. The monoisotopic (exact) mass is 274 g/mol. The van der Waals surface area contributed by atoms with Gasteiger partial charge in [0.05, 0.1) is 18.2 Å². The standard InChI is InChI=1S/C12H9F3O4/c1-18-8-3-2-4-9-6(8)5-7(11(16)17)10(19-9)12(13,14)15/h2-5,10H,1H3,(H,16,17). The number of benzene rings is 1. The first-order valence-electron chi connectivity index (χ1n) is 5.20. The lowest BCUT2D eigenvalue weighted by Crippen LogP contribution is -2.40. The molecule has 102 valence electrons. The molecule has 19 heavy (non-hydrogen) atoms. The predicted octanol–water partition coefficient (Wildman–Crippen LogP) is 2.49. The largest absolute Gasteiger partial charge is 0.496 e. The third-order valence-electron chi connectivity index (χ3n) is 2.62. The summed E-state index contributed by atoms with van der Waals surface area (Å²) in [7, 11) is 1.33. The lowest BCUT2D eigenvalue weighted by molar-refractivity contribution is -0.187. The number of methoxy groups -OCH3 is 1. The van der Waals surface area contributed by atoms with Crippen LogP contribution in [0.5, 0.6) is 11.5 Å². The Morgan fingerprint density at radius 3 is 2.63 bits per heavy atom. The van der Waals surface area contributed by atoms with Gasteiger partial charge in [0, 0.05) is 0 Å². The van der Waals surface area contributed by atoms with Gasteiger partial charge in [-0.05, 0) is 18.2 Å². The molecule has 0 spiro atoms. The molecule has 4 nitrogen and oxygen atoms in total. The van der Waals surface area contributed by atoms with E-state index in [1.165, 1.54) is 25.3 Å². The SMILES string of the molecule is COc1cccc2c1C=C(C(=O)O)C(C(F)(F)F)O2. The van der Waals surface area contributed by atoms with E-state index in [0.717, 1.165) is 6.08 Å². The average molecular weight is 274 g/mol. The van der Waals surface area contributed by atoms with Crippen LogP contribution in [0.25, 0.3) is 6.08 Å². The Balaban J connectivity index is 2.58. The number of aliphatic carboxylic acids is 1. The molecule has 1 atom stereocenters. The van der Waals surface area contributed by atoms with E-state index >= 15 is 0 Å². The van der Waals surface area contributed by atoms with Crippen LogP contribution in [-0.2, 0) is 4.79 Å². The lowest BCUT2D eigenvalue weighted by Gasteiger charge is -2.27. The van der Waals surface area contributed by atoms with Gasteiger partial charge in [-0.25, -0.2) is 4.79 Å². The molecule has 0 aliphatic carbocycles. The Morgan fingerprint density at radius 2 is 2.11 bits per heavy atom. The number of rotatable bonds is 2. The van der Waals surface area contributed by atoms with Crippen LogP contribution in [0.4, 0.5) is 13.2 Å². The second-order valence-corrected chi connectivity index (χ2v) is 3.82. The third-order valence-corrected chi connectivity index (χ3v) is 2.62. The van der Waals surface area contributed by atoms with Gasteiger partial charge in [-0.1, -0.05) is 6.07 Å². The first-order chi connectivity index (χ1) is 8.84. The number of carboxylic acids is 1. The van der Waals surface area contributed by atoms with Crippen molar-refractivity contribution >= 4 is 12.0 Å². The minimum absolute atomic E-state index is 0.0633. The van der Waals surface area contributed by atoms with Gasteiger partial charge in [-0.3, -0.25) is 0 Å². The Bertz CT molecular complexity index is 548. The topological polar surface area (TPSA) is 55.8 Å². The van der Waals surface area contributed by atoms with Crippen LogP contribution < -0.4 is 9.47 Å². The number of carbonyl (C=O) groups is 1. The van der Waals surface area contributed by atoms with E-state index in [1.54, 1.807) is 0 Å². The fourth-order valence-electron chi connectivity index (χ4n) is 1.79. The van der Waals surface area contributed by atoms with Gasteiger partial charge in [0.25, 0.3) is 0 Å². The molecule has 1 aliphatic heterocycles. The van der Waals surface area contributed by atoms with Crippen LogP contribution >= 0.6 is 0 Å². The second-order valence-electron chi connectivity index (χ2n) is 3.82. The van der Waals surface area contributed by atoms with Crippen molar-refractivity contribution < 1.29 is 32.5 Å². The van der Waals surface area contributed by atoms with Crippen LogP contribution in [0.1, 0.15) is 5.56 Å². The fraction of sp³-hybridized carbons (Fsp3) is 0.250. The quantitative estimate of drug-likeness (QED) is 0.900. The average Bonchev–Trinajstić information content (AvgIpc) is 2.35. The molecule has 1 aromatic rings. The number of fused-ring (bicyclic) bond motifs is 1. The van der Waals surface area contributed by atoms with E-state index < -0.39 is 23.8 Å². The molecular formula is C12H9F3O4. The molecular weight excluding hydrogens is 265 g/mol. The summed E-state index contributed by atoms with van der Waals surface area (Å²) in [4.78, 5) is 10.9. The Hall–Kier alpha value is -2.18. The summed E-state index contributed by atoms with van der Waals surface area (Å²) in [5.74, 6) is -1.50. The molecule has 1 unspecified atom stereocenters. The first-order valence-corrected chi connectivity index (χ1v) is 5.20. The van der Waals surface area contributed by atoms with Gasteiger partial charge in [0.15, 0.2) is 0 Å². The molecule has 0 fully saturated rings.